The van der Waals surface area contributed by atoms with E-state index in [2.05, 4.69) is 48.6 Å². The number of hydrogen-bond acceptors (Lipinski definition) is 8. The summed E-state index contributed by atoms with van der Waals surface area (Å²) in [5.41, 5.74) is 10.9. The first-order valence-corrected chi connectivity index (χ1v) is 21.0. The number of aliphatic carboxylic acids is 1. The average Bonchev–Trinajstić information content (AvgIpc) is 3.11. The Bertz CT molecular complexity index is 1410. The van der Waals surface area contributed by atoms with Crippen molar-refractivity contribution in [3.8, 4) is 0 Å². The monoisotopic (exact) mass is 723 g/mol. The Morgan fingerprint density at radius 2 is 1.66 bits per heavy atom. The second-order valence-electron chi connectivity index (χ2n) is 14.9. The predicted octanol–water partition coefficient (Wildman–Crippen LogP) is 6.56. The molecule has 2 aliphatic carbocycles. The number of carbonyl (C=O) groups is 1. The first kappa shape index (κ1) is 39.1. The van der Waals surface area contributed by atoms with Crippen molar-refractivity contribution in [2.45, 2.75) is 94.9 Å². The first-order valence-electron chi connectivity index (χ1n) is 18.6. The number of carboxylic acids is 1. The number of rotatable bonds is 12. The summed E-state index contributed by atoms with van der Waals surface area (Å²) in [5.74, 6) is 1.90. The lowest BCUT2D eigenvalue weighted by molar-refractivity contribution is -0.139. The van der Waals surface area contributed by atoms with E-state index in [1.54, 1.807) is 6.08 Å². The van der Waals surface area contributed by atoms with Gasteiger partial charge in [-0.25, -0.2) is 0 Å². The fraction of sp³-hybridized carbons (Fsp3) is 0.585. The van der Waals surface area contributed by atoms with Gasteiger partial charge in [-0.1, -0.05) is 94.4 Å². The molecule has 2 aromatic rings. The van der Waals surface area contributed by atoms with Crippen LogP contribution in [0.3, 0.4) is 0 Å². The van der Waals surface area contributed by atoms with E-state index in [1.165, 1.54) is 16.7 Å². The number of benzene rings is 2. The summed E-state index contributed by atoms with van der Waals surface area (Å²) in [5, 5.41) is 52.0. The molecular weight excluding hydrogens is 667 g/mol. The summed E-state index contributed by atoms with van der Waals surface area (Å²) >= 11 is 0. The molecule has 6 rings (SSSR count). The number of hydrogen-bond donors (Lipinski definition) is 6. The molecule has 2 bridgehead atoms. The molecule has 8 atom stereocenters. The second-order valence-corrected chi connectivity index (χ2v) is 17.4. The van der Waals surface area contributed by atoms with Gasteiger partial charge < -0.3 is 31.3 Å². The molecule has 274 valence electrons. The molecule has 1 saturated carbocycles. The van der Waals surface area contributed by atoms with Crippen LogP contribution in [0.15, 0.2) is 72.8 Å². The van der Waals surface area contributed by atoms with Crippen molar-refractivity contribution in [3.05, 3.63) is 95.1 Å². The van der Waals surface area contributed by atoms with Gasteiger partial charge in [0.1, 0.15) is 0 Å². The molecule has 2 aliphatic heterocycles. The molecule has 0 spiro atoms. The third kappa shape index (κ3) is 11.0. The molecule has 50 heavy (non-hydrogen) atoms. The van der Waals surface area contributed by atoms with Crippen LogP contribution in [-0.4, -0.2) is 62.1 Å². The molecule has 1 unspecified atom stereocenters. The number of allylic oxidation sites excluding steroid dienone is 3. The van der Waals surface area contributed by atoms with Crippen LogP contribution in [0.4, 0.5) is 0 Å². The molecule has 0 saturated heterocycles. The Hall–Kier alpha value is -2.11. The Kier molecular flexibility index (Phi) is 15.4. The maximum atomic E-state index is 12.3. The summed E-state index contributed by atoms with van der Waals surface area (Å²) in [7, 11) is 3.78. The van der Waals surface area contributed by atoms with E-state index >= 15 is 0 Å². The van der Waals surface area contributed by atoms with E-state index in [9.17, 15) is 30.3 Å². The van der Waals surface area contributed by atoms with E-state index < -0.39 is 18.2 Å². The van der Waals surface area contributed by atoms with Crippen LogP contribution in [0.1, 0.15) is 73.6 Å². The Balaban J connectivity index is 1.47. The highest BCUT2D eigenvalue weighted by molar-refractivity contribution is 8.76. The SMILES string of the molecule is NCC[C@@H]1C2C=C[C@H](Cc3ccccc3CSSC[C@@H](Cc3cccc(CO)c3)[C@H](CC=C[C@H](O)[C@H](O)C3CCC(O)CC3)C2)[C@@H]1CC(=O)O. The Morgan fingerprint density at radius 3 is 2.40 bits per heavy atom. The number of aliphatic hydroxyl groups excluding tert-OH is 4. The number of carboxylic acid groups (broad SMARTS) is 1. The van der Waals surface area contributed by atoms with E-state index in [4.69, 9.17) is 5.73 Å². The highest BCUT2D eigenvalue weighted by Crippen LogP contribution is 2.46. The molecule has 4 aliphatic rings. The number of aliphatic hydroxyl groups is 4. The zero-order chi connectivity index (χ0) is 35.5. The van der Waals surface area contributed by atoms with Gasteiger partial charge in [-0.3, -0.25) is 4.79 Å². The molecule has 2 heterocycles. The zero-order valence-corrected chi connectivity index (χ0v) is 30.8. The molecule has 1 fully saturated rings. The fourth-order valence-electron chi connectivity index (χ4n) is 8.77. The fourth-order valence-corrected chi connectivity index (χ4v) is 11.4. The van der Waals surface area contributed by atoms with Gasteiger partial charge in [0.2, 0.25) is 0 Å². The maximum absolute atomic E-state index is 12.3. The van der Waals surface area contributed by atoms with Crippen LogP contribution in [0.5, 0.6) is 0 Å². The molecular formula is C41H57NO6S2. The highest BCUT2D eigenvalue weighted by atomic mass is 33.1. The lowest BCUT2D eigenvalue weighted by atomic mass is 9.63. The smallest absolute Gasteiger partial charge is 0.303 e. The summed E-state index contributed by atoms with van der Waals surface area (Å²) < 4.78 is 0. The van der Waals surface area contributed by atoms with Crippen molar-refractivity contribution in [2.24, 2.45) is 47.2 Å². The first-order chi connectivity index (χ1) is 24.2. The molecule has 0 radical (unpaired) electrons. The second kappa shape index (κ2) is 19.6. The Morgan fingerprint density at radius 1 is 0.920 bits per heavy atom. The van der Waals surface area contributed by atoms with Gasteiger partial charge in [0, 0.05) is 17.9 Å². The van der Waals surface area contributed by atoms with E-state index in [0.717, 1.165) is 49.2 Å². The van der Waals surface area contributed by atoms with Crippen LogP contribution < -0.4 is 5.73 Å². The van der Waals surface area contributed by atoms with Crippen LogP contribution in [0.25, 0.3) is 0 Å². The largest absolute Gasteiger partial charge is 0.481 e. The van der Waals surface area contributed by atoms with Crippen molar-refractivity contribution in [2.75, 3.05) is 12.3 Å². The van der Waals surface area contributed by atoms with E-state index in [0.29, 0.717) is 32.2 Å². The Labute approximate surface area is 306 Å². The van der Waals surface area contributed by atoms with Gasteiger partial charge in [0.05, 0.1) is 24.9 Å². The quantitative estimate of drug-likeness (QED) is 0.106. The van der Waals surface area contributed by atoms with E-state index in [-0.39, 0.29) is 60.6 Å². The van der Waals surface area contributed by atoms with Crippen molar-refractivity contribution >= 4 is 27.6 Å². The van der Waals surface area contributed by atoms with Gasteiger partial charge in [0.25, 0.3) is 0 Å². The lowest BCUT2D eigenvalue weighted by Gasteiger charge is -2.42. The minimum atomic E-state index is -0.973. The minimum Gasteiger partial charge on any atom is -0.481 e. The molecule has 7 N–H and O–H groups in total. The van der Waals surface area contributed by atoms with Gasteiger partial charge in [-0.05, 0) is 128 Å². The summed E-state index contributed by atoms with van der Waals surface area (Å²) in [6, 6.07) is 16.8. The molecule has 9 heteroatoms. The highest BCUT2D eigenvalue weighted by Gasteiger charge is 2.39. The number of nitrogens with two attached hydrogens (primary N) is 1. The molecule has 2 aromatic carbocycles. The maximum Gasteiger partial charge on any atom is 0.303 e. The van der Waals surface area contributed by atoms with Gasteiger partial charge >= 0.3 is 5.97 Å². The molecule has 0 aromatic heterocycles. The third-order valence-electron chi connectivity index (χ3n) is 11.6. The standard InChI is InChI=1S/C41H57NO6S2/c42-18-17-37-32-11-12-33(38(37)23-40(46)47)21-30-7-1-2-8-34(30)25-49-50-26-35(20-27-5-3-6-28(19-27)24-43)31(22-32)9-4-10-39(45)41(48)29-13-15-36(44)16-14-29/h1-8,10-12,19,29,31-33,35-39,41,43-45,48H,9,13-18,20-26,42H2,(H,46,47)/t29?,31-,32?,33-,35-,36?,37-,38+,39+,41-/m1/s1. The van der Waals surface area contributed by atoms with Gasteiger partial charge in [-0.15, -0.1) is 0 Å². The van der Waals surface area contributed by atoms with Crippen LogP contribution in [0, 0.1) is 41.4 Å². The normalized spacial score (nSPS) is 30.4. The van der Waals surface area contributed by atoms with Crippen molar-refractivity contribution in [3.63, 3.8) is 0 Å². The number of fused-ring (bicyclic) bond motifs is 7. The molecule has 7 nitrogen and oxygen atoms in total. The van der Waals surface area contributed by atoms with Crippen molar-refractivity contribution in [1.29, 1.82) is 0 Å². The molecule has 0 amide bonds. The van der Waals surface area contributed by atoms with Crippen molar-refractivity contribution < 1.29 is 30.3 Å². The zero-order valence-electron chi connectivity index (χ0n) is 29.1. The topological polar surface area (TPSA) is 144 Å². The third-order valence-corrected chi connectivity index (χ3v) is 14.0. The van der Waals surface area contributed by atoms with Crippen molar-refractivity contribution in [1.82, 2.24) is 0 Å². The minimum absolute atomic E-state index is 0.00533. The average molecular weight is 724 g/mol. The summed E-state index contributed by atoms with van der Waals surface area (Å²) in [6.45, 7) is 0.500. The van der Waals surface area contributed by atoms with Crippen LogP contribution in [0.2, 0.25) is 0 Å². The lowest BCUT2D eigenvalue weighted by Crippen LogP contribution is -2.37. The van der Waals surface area contributed by atoms with Crippen LogP contribution >= 0.6 is 21.6 Å². The van der Waals surface area contributed by atoms with Gasteiger partial charge in [-0.2, -0.15) is 0 Å². The van der Waals surface area contributed by atoms with Gasteiger partial charge in [0.15, 0.2) is 0 Å². The van der Waals surface area contributed by atoms with E-state index in [1.807, 2.05) is 39.8 Å². The summed E-state index contributed by atoms with van der Waals surface area (Å²) in [4.78, 5) is 12.3. The van der Waals surface area contributed by atoms with Crippen LogP contribution in [-0.2, 0) is 30.0 Å². The summed E-state index contributed by atoms with van der Waals surface area (Å²) in [6.07, 6.45) is 13.2. The predicted molar refractivity (Wildman–Crippen MR) is 204 cm³/mol.